The van der Waals surface area contributed by atoms with E-state index in [1.165, 1.54) is 0 Å². The normalized spacial score (nSPS) is 13.8. The van der Waals surface area contributed by atoms with Crippen molar-refractivity contribution in [2.75, 3.05) is 11.9 Å². The van der Waals surface area contributed by atoms with Gasteiger partial charge in [0.15, 0.2) is 0 Å². The molecule has 0 saturated heterocycles. The van der Waals surface area contributed by atoms with E-state index in [0.29, 0.717) is 5.69 Å². The molecular formula is C12H19N3O2. The lowest BCUT2D eigenvalue weighted by molar-refractivity contribution is 0.115. The Labute approximate surface area is 101 Å². The zero-order chi connectivity index (χ0) is 12.7. The van der Waals surface area contributed by atoms with Gasteiger partial charge in [0.25, 0.3) is 0 Å². The molecule has 94 valence electrons. The molecule has 1 aromatic rings. The Balaban J connectivity index is 2.31. The van der Waals surface area contributed by atoms with E-state index in [9.17, 15) is 9.90 Å². The fourth-order valence-corrected chi connectivity index (χ4v) is 1.28. The minimum atomic E-state index is -0.514. The third-order valence-electron chi connectivity index (χ3n) is 2.69. The molecule has 1 rings (SSSR count). The maximum absolute atomic E-state index is 11.5. The van der Waals surface area contributed by atoms with Gasteiger partial charge in [-0.2, -0.15) is 0 Å². The highest BCUT2D eigenvalue weighted by Crippen LogP contribution is 2.06. The highest BCUT2D eigenvalue weighted by molar-refractivity contribution is 5.88. The van der Waals surface area contributed by atoms with Crippen molar-refractivity contribution in [3.63, 3.8) is 0 Å². The topological polar surface area (TPSA) is 74.2 Å². The standard InChI is InChI=1S/C12H19N3O2/c1-3-9(2)11(16)8-14-12(17)15-10-5-4-6-13-7-10/h4-7,9,11,16H,3,8H2,1-2H3,(H2,14,15,17)/t9-,11+/m1/s1. The van der Waals surface area contributed by atoms with Crippen LogP contribution in [0.2, 0.25) is 0 Å². The van der Waals surface area contributed by atoms with Gasteiger partial charge in [-0.15, -0.1) is 0 Å². The number of pyridine rings is 1. The van der Waals surface area contributed by atoms with Gasteiger partial charge in [-0.05, 0) is 18.1 Å². The van der Waals surface area contributed by atoms with Gasteiger partial charge in [0.05, 0.1) is 18.0 Å². The first-order valence-corrected chi connectivity index (χ1v) is 5.76. The smallest absolute Gasteiger partial charge is 0.319 e. The molecule has 2 atom stereocenters. The van der Waals surface area contributed by atoms with Crippen molar-refractivity contribution >= 4 is 11.7 Å². The molecule has 0 aromatic carbocycles. The summed E-state index contributed by atoms with van der Waals surface area (Å²) in [6, 6.07) is 3.15. The number of hydrogen-bond acceptors (Lipinski definition) is 3. The molecule has 0 radical (unpaired) electrons. The van der Waals surface area contributed by atoms with E-state index in [0.717, 1.165) is 6.42 Å². The largest absolute Gasteiger partial charge is 0.391 e. The number of urea groups is 1. The Kier molecular flexibility index (Phi) is 5.42. The Morgan fingerprint density at radius 3 is 2.94 bits per heavy atom. The first kappa shape index (κ1) is 13.4. The van der Waals surface area contributed by atoms with Crippen molar-refractivity contribution in [2.24, 2.45) is 5.92 Å². The second kappa shape index (κ2) is 6.85. The lowest BCUT2D eigenvalue weighted by atomic mass is 10.0. The molecule has 1 aromatic heterocycles. The van der Waals surface area contributed by atoms with Gasteiger partial charge in [0.1, 0.15) is 0 Å². The lowest BCUT2D eigenvalue weighted by Gasteiger charge is -2.17. The zero-order valence-corrected chi connectivity index (χ0v) is 10.2. The van der Waals surface area contributed by atoms with Crippen LogP contribution in [-0.4, -0.2) is 28.8 Å². The van der Waals surface area contributed by atoms with Crippen LogP contribution in [0, 0.1) is 5.92 Å². The first-order chi connectivity index (χ1) is 8.13. The van der Waals surface area contributed by atoms with Crippen LogP contribution in [0.1, 0.15) is 20.3 Å². The number of nitrogens with one attached hydrogen (secondary N) is 2. The van der Waals surface area contributed by atoms with Crippen molar-refractivity contribution < 1.29 is 9.90 Å². The van der Waals surface area contributed by atoms with Crippen LogP contribution in [0.3, 0.4) is 0 Å². The molecule has 1 heterocycles. The maximum Gasteiger partial charge on any atom is 0.319 e. The summed E-state index contributed by atoms with van der Waals surface area (Å²) >= 11 is 0. The van der Waals surface area contributed by atoms with Gasteiger partial charge >= 0.3 is 6.03 Å². The van der Waals surface area contributed by atoms with E-state index in [1.54, 1.807) is 24.5 Å². The average molecular weight is 237 g/mol. The van der Waals surface area contributed by atoms with Gasteiger partial charge in [-0.1, -0.05) is 20.3 Å². The number of anilines is 1. The molecular weight excluding hydrogens is 218 g/mol. The summed E-state index contributed by atoms with van der Waals surface area (Å²) < 4.78 is 0. The summed E-state index contributed by atoms with van der Waals surface area (Å²) in [6.45, 7) is 4.20. The average Bonchev–Trinajstić information content (AvgIpc) is 2.36. The zero-order valence-electron chi connectivity index (χ0n) is 10.2. The van der Waals surface area contributed by atoms with Crippen molar-refractivity contribution in [3.8, 4) is 0 Å². The van der Waals surface area contributed by atoms with Gasteiger partial charge in [-0.3, -0.25) is 4.98 Å². The third kappa shape index (κ3) is 4.82. The predicted molar refractivity (Wildman–Crippen MR) is 66.7 cm³/mol. The van der Waals surface area contributed by atoms with E-state index in [-0.39, 0.29) is 18.5 Å². The molecule has 5 nitrogen and oxygen atoms in total. The highest BCUT2D eigenvalue weighted by Gasteiger charge is 2.13. The summed E-state index contributed by atoms with van der Waals surface area (Å²) in [6.07, 6.45) is 3.56. The lowest BCUT2D eigenvalue weighted by Crippen LogP contribution is -2.37. The summed E-state index contributed by atoms with van der Waals surface area (Å²) in [4.78, 5) is 15.3. The van der Waals surface area contributed by atoms with Crippen molar-refractivity contribution in [2.45, 2.75) is 26.4 Å². The number of amides is 2. The van der Waals surface area contributed by atoms with Crippen LogP contribution in [-0.2, 0) is 0 Å². The summed E-state index contributed by atoms with van der Waals surface area (Å²) in [7, 11) is 0. The molecule has 0 unspecified atom stereocenters. The van der Waals surface area contributed by atoms with Gasteiger partial charge in [-0.25, -0.2) is 4.79 Å². The van der Waals surface area contributed by atoms with Crippen LogP contribution in [0.5, 0.6) is 0 Å². The maximum atomic E-state index is 11.5. The van der Waals surface area contributed by atoms with Crippen LogP contribution < -0.4 is 10.6 Å². The molecule has 0 aliphatic heterocycles. The number of hydrogen-bond donors (Lipinski definition) is 3. The quantitative estimate of drug-likeness (QED) is 0.728. The number of aliphatic hydroxyl groups is 1. The molecule has 0 aliphatic rings. The Bertz CT molecular complexity index is 343. The number of rotatable bonds is 5. The minimum absolute atomic E-state index is 0.175. The number of nitrogens with zero attached hydrogens (tertiary/aromatic N) is 1. The van der Waals surface area contributed by atoms with Crippen LogP contribution in [0.25, 0.3) is 0 Å². The Morgan fingerprint density at radius 1 is 1.59 bits per heavy atom. The third-order valence-corrected chi connectivity index (χ3v) is 2.69. The Hall–Kier alpha value is -1.62. The molecule has 0 fully saturated rings. The SMILES string of the molecule is CC[C@@H](C)[C@@H](O)CNC(=O)Nc1cccnc1. The molecule has 17 heavy (non-hydrogen) atoms. The molecule has 3 N–H and O–H groups in total. The van der Waals surface area contributed by atoms with Crippen molar-refractivity contribution in [1.82, 2.24) is 10.3 Å². The minimum Gasteiger partial charge on any atom is -0.391 e. The molecule has 5 heteroatoms. The fraction of sp³-hybridized carbons (Fsp3) is 0.500. The van der Waals surface area contributed by atoms with Gasteiger partial charge in [0.2, 0.25) is 0 Å². The van der Waals surface area contributed by atoms with Gasteiger partial charge in [0, 0.05) is 12.7 Å². The summed E-state index contributed by atoms with van der Waals surface area (Å²) in [5.41, 5.74) is 0.628. The van der Waals surface area contributed by atoms with Crippen molar-refractivity contribution in [3.05, 3.63) is 24.5 Å². The van der Waals surface area contributed by atoms with E-state index in [4.69, 9.17) is 0 Å². The molecule has 0 saturated carbocycles. The van der Waals surface area contributed by atoms with E-state index >= 15 is 0 Å². The number of aromatic nitrogens is 1. The fourth-order valence-electron chi connectivity index (χ4n) is 1.28. The summed E-state index contributed by atoms with van der Waals surface area (Å²) in [5, 5.41) is 14.9. The molecule has 0 spiro atoms. The molecule has 0 bridgehead atoms. The Morgan fingerprint density at radius 2 is 2.35 bits per heavy atom. The monoisotopic (exact) mass is 237 g/mol. The number of aliphatic hydroxyl groups excluding tert-OH is 1. The number of carbonyl (C=O) groups is 1. The van der Waals surface area contributed by atoms with Crippen LogP contribution >= 0.6 is 0 Å². The van der Waals surface area contributed by atoms with Crippen LogP contribution in [0.15, 0.2) is 24.5 Å². The molecule has 2 amide bonds. The second-order valence-corrected chi connectivity index (χ2v) is 4.03. The van der Waals surface area contributed by atoms with Crippen molar-refractivity contribution in [1.29, 1.82) is 0 Å². The van der Waals surface area contributed by atoms with Crippen LogP contribution in [0.4, 0.5) is 10.5 Å². The highest BCUT2D eigenvalue weighted by atomic mass is 16.3. The summed E-state index contributed by atoms with van der Waals surface area (Å²) in [5.74, 6) is 0.175. The van der Waals surface area contributed by atoms with E-state index in [2.05, 4.69) is 15.6 Å². The van der Waals surface area contributed by atoms with E-state index < -0.39 is 6.10 Å². The predicted octanol–water partition coefficient (Wildman–Crippen LogP) is 1.61. The van der Waals surface area contributed by atoms with E-state index in [1.807, 2.05) is 13.8 Å². The molecule has 0 aliphatic carbocycles. The second-order valence-electron chi connectivity index (χ2n) is 4.03. The first-order valence-electron chi connectivity index (χ1n) is 5.76. The number of carbonyl (C=O) groups excluding carboxylic acids is 1. The van der Waals surface area contributed by atoms with Gasteiger partial charge < -0.3 is 15.7 Å².